The third-order valence-corrected chi connectivity index (χ3v) is 15.4. The summed E-state index contributed by atoms with van der Waals surface area (Å²) in [6.45, 7) is 0. The molecule has 2 heterocycles. The molecule has 11 aromatic rings. The van der Waals surface area contributed by atoms with E-state index in [2.05, 4.69) is 254 Å². The fourth-order valence-corrected chi connectivity index (χ4v) is 12.7. The molecule has 0 bridgehead atoms. The van der Waals surface area contributed by atoms with Crippen molar-refractivity contribution in [3.05, 3.63) is 293 Å². The highest BCUT2D eigenvalue weighted by Gasteiger charge is 2.54. The van der Waals surface area contributed by atoms with Gasteiger partial charge < -0.3 is 14.4 Å². The van der Waals surface area contributed by atoms with Crippen LogP contribution in [-0.2, 0) is 10.8 Å². The first-order chi connectivity index (χ1) is 34.2. The zero-order chi connectivity index (χ0) is 45.3. The molecule has 0 atom stereocenters. The normalized spacial score (nSPS) is 14.3. The minimum absolute atomic E-state index is 0.624. The number of hydrogen-bond donors (Lipinski definition) is 0. The molecule has 0 saturated carbocycles. The predicted molar refractivity (Wildman–Crippen MR) is 279 cm³/mol. The summed E-state index contributed by atoms with van der Waals surface area (Å²) >= 11 is 0. The highest BCUT2D eigenvalue weighted by molar-refractivity contribution is 6.04. The fraction of sp³-hybridized carbons (Fsp3) is 0.0303. The van der Waals surface area contributed by atoms with E-state index >= 15 is 0 Å². The first kappa shape index (κ1) is 38.2. The first-order valence-corrected chi connectivity index (χ1v) is 23.8. The summed E-state index contributed by atoms with van der Waals surface area (Å²) in [6, 6.07) is 91.0. The van der Waals surface area contributed by atoms with E-state index in [4.69, 9.17) is 9.47 Å². The molecule has 3 heteroatoms. The van der Waals surface area contributed by atoms with Crippen LogP contribution in [0.4, 0.5) is 17.1 Å². The van der Waals surface area contributed by atoms with Crippen LogP contribution in [0.2, 0.25) is 0 Å². The van der Waals surface area contributed by atoms with Gasteiger partial charge >= 0.3 is 0 Å². The van der Waals surface area contributed by atoms with Crippen molar-refractivity contribution in [3.63, 3.8) is 0 Å². The molecule has 2 aliphatic heterocycles. The number of ether oxygens (including phenoxy) is 2. The quantitative estimate of drug-likeness (QED) is 0.176. The van der Waals surface area contributed by atoms with Crippen molar-refractivity contribution in [2.75, 3.05) is 4.90 Å². The fourth-order valence-electron chi connectivity index (χ4n) is 12.7. The third kappa shape index (κ3) is 5.06. The van der Waals surface area contributed by atoms with Gasteiger partial charge in [-0.3, -0.25) is 0 Å². The molecule has 0 saturated heterocycles. The molecular formula is C66H41NO2. The van der Waals surface area contributed by atoms with Gasteiger partial charge in [0.05, 0.1) is 22.2 Å². The van der Waals surface area contributed by atoms with Gasteiger partial charge in [0, 0.05) is 39.1 Å². The van der Waals surface area contributed by atoms with E-state index in [1.165, 1.54) is 66.4 Å². The van der Waals surface area contributed by atoms with E-state index in [1.807, 2.05) is 0 Å². The molecule has 0 amide bonds. The maximum absolute atomic E-state index is 6.76. The van der Waals surface area contributed by atoms with E-state index in [0.29, 0.717) is 0 Å². The molecule has 4 aliphatic rings. The van der Waals surface area contributed by atoms with Gasteiger partial charge in [0.1, 0.15) is 23.0 Å². The molecule has 0 radical (unpaired) electrons. The van der Waals surface area contributed by atoms with E-state index in [0.717, 1.165) is 62.3 Å². The average Bonchev–Trinajstić information content (AvgIpc) is 3.88. The summed E-state index contributed by atoms with van der Waals surface area (Å²) < 4.78 is 13.5. The van der Waals surface area contributed by atoms with Crippen LogP contribution >= 0.6 is 0 Å². The number of benzene rings is 11. The maximum Gasteiger partial charge on any atom is 0.132 e. The van der Waals surface area contributed by atoms with Crippen molar-refractivity contribution in [2.24, 2.45) is 0 Å². The second-order valence-electron chi connectivity index (χ2n) is 18.6. The predicted octanol–water partition coefficient (Wildman–Crippen LogP) is 16.9. The van der Waals surface area contributed by atoms with Crippen LogP contribution < -0.4 is 14.4 Å². The lowest BCUT2D eigenvalue weighted by Gasteiger charge is -2.40. The smallest absolute Gasteiger partial charge is 0.132 e. The summed E-state index contributed by atoms with van der Waals surface area (Å²) in [6.07, 6.45) is 0. The summed E-state index contributed by atoms with van der Waals surface area (Å²) in [4.78, 5) is 2.56. The molecule has 0 fully saturated rings. The highest BCUT2D eigenvalue weighted by Crippen LogP contribution is 2.67. The molecular weight excluding hydrogens is 839 g/mol. The number of nitrogens with zero attached hydrogens (tertiary/aromatic N) is 1. The molecule has 0 unspecified atom stereocenters. The van der Waals surface area contributed by atoms with Gasteiger partial charge in [-0.2, -0.15) is 0 Å². The Kier molecular flexibility index (Phi) is 7.92. The van der Waals surface area contributed by atoms with Crippen LogP contribution in [0.15, 0.2) is 249 Å². The SMILES string of the molecule is c1ccc(-c2ccc3cc(N(c4cccc5c4-c4ccccc4C54c5ccccc5Oc5ccccc54)c4cccc5c4-c4ccccc4C54c5ccccc5Oc5ccccc54)ccc3c2)cc1. The standard InChI is InChI=1S/C66H41NO2/c1-2-18-42(19-3-1)43-36-37-45-41-46(39-38-44(45)40-43)67(57-30-16-28-55-63(57)47-20-4-6-22-49(47)65(55)51-24-8-12-32-59(51)68-60-33-13-9-25-52(60)65)58-31-17-29-56-64(58)48-21-5-7-23-50(48)66(56)53-26-10-14-34-61(53)69-62-35-15-11-27-54(62)66/h1-41H. The Hall–Kier alpha value is -8.92. The van der Waals surface area contributed by atoms with Gasteiger partial charge in [0.25, 0.3) is 0 Å². The second kappa shape index (κ2) is 14.3. The van der Waals surface area contributed by atoms with Crippen LogP contribution in [-0.4, -0.2) is 0 Å². The van der Waals surface area contributed by atoms with Crippen molar-refractivity contribution in [2.45, 2.75) is 10.8 Å². The lowest BCUT2D eigenvalue weighted by Crippen LogP contribution is -2.32. The van der Waals surface area contributed by atoms with E-state index < -0.39 is 10.8 Å². The lowest BCUT2D eigenvalue weighted by atomic mass is 9.66. The Labute approximate surface area is 400 Å². The summed E-state index contributed by atoms with van der Waals surface area (Å²) in [7, 11) is 0. The maximum atomic E-state index is 6.76. The Bertz CT molecular complexity index is 3660. The number of anilines is 3. The molecule has 3 nitrogen and oxygen atoms in total. The van der Waals surface area contributed by atoms with Crippen LogP contribution in [0, 0.1) is 0 Å². The zero-order valence-corrected chi connectivity index (χ0v) is 37.4. The molecule has 11 aromatic carbocycles. The Morgan fingerprint density at radius 1 is 0.275 bits per heavy atom. The molecule has 2 spiro atoms. The van der Waals surface area contributed by atoms with Crippen LogP contribution in [0.5, 0.6) is 23.0 Å². The monoisotopic (exact) mass is 879 g/mol. The summed E-state index contributed by atoms with van der Waals surface area (Å²) in [5.74, 6) is 3.52. The van der Waals surface area contributed by atoms with Crippen molar-refractivity contribution in [1.82, 2.24) is 0 Å². The van der Waals surface area contributed by atoms with Crippen molar-refractivity contribution in [3.8, 4) is 56.4 Å². The van der Waals surface area contributed by atoms with E-state index in [1.54, 1.807) is 0 Å². The van der Waals surface area contributed by atoms with Gasteiger partial charge in [-0.1, -0.05) is 194 Å². The molecule has 69 heavy (non-hydrogen) atoms. The van der Waals surface area contributed by atoms with Crippen LogP contribution in [0.25, 0.3) is 44.2 Å². The molecule has 322 valence electrons. The minimum atomic E-state index is -0.624. The lowest BCUT2D eigenvalue weighted by molar-refractivity contribution is 0.436. The summed E-state index contributed by atoms with van der Waals surface area (Å²) in [5.41, 5.74) is 18.9. The second-order valence-corrected chi connectivity index (χ2v) is 18.6. The number of para-hydroxylation sites is 4. The molecule has 0 aromatic heterocycles. The molecule has 0 N–H and O–H groups in total. The number of rotatable bonds is 4. The van der Waals surface area contributed by atoms with Crippen LogP contribution in [0.3, 0.4) is 0 Å². The number of fused-ring (bicyclic) bond motifs is 19. The van der Waals surface area contributed by atoms with Gasteiger partial charge in [-0.05, 0) is 110 Å². The number of hydrogen-bond acceptors (Lipinski definition) is 3. The van der Waals surface area contributed by atoms with Crippen molar-refractivity contribution in [1.29, 1.82) is 0 Å². The van der Waals surface area contributed by atoms with Crippen molar-refractivity contribution >= 4 is 27.8 Å². The zero-order valence-electron chi connectivity index (χ0n) is 37.4. The van der Waals surface area contributed by atoms with Crippen LogP contribution in [0.1, 0.15) is 44.5 Å². The summed E-state index contributed by atoms with van der Waals surface area (Å²) in [5, 5.41) is 2.36. The Morgan fingerprint density at radius 3 is 1.16 bits per heavy atom. The van der Waals surface area contributed by atoms with E-state index in [9.17, 15) is 0 Å². The third-order valence-electron chi connectivity index (χ3n) is 15.4. The average molecular weight is 880 g/mol. The topological polar surface area (TPSA) is 21.7 Å². The largest absolute Gasteiger partial charge is 0.457 e. The highest BCUT2D eigenvalue weighted by atomic mass is 16.5. The van der Waals surface area contributed by atoms with Gasteiger partial charge in [-0.15, -0.1) is 0 Å². The first-order valence-electron chi connectivity index (χ1n) is 23.8. The van der Waals surface area contributed by atoms with Crippen molar-refractivity contribution < 1.29 is 9.47 Å². The molecule has 15 rings (SSSR count). The Morgan fingerprint density at radius 2 is 0.667 bits per heavy atom. The minimum Gasteiger partial charge on any atom is -0.457 e. The van der Waals surface area contributed by atoms with Gasteiger partial charge in [0.15, 0.2) is 0 Å². The van der Waals surface area contributed by atoms with E-state index in [-0.39, 0.29) is 0 Å². The van der Waals surface area contributed by atoms with Gasteiger partial charge in [-0.25, -0.2) is 0 Å². The Balaban J connectivity index is 1.05. The molecule has 2 aliphatic carbocycles. The van der Waals surface area contributed by atoms with Gasteiger partial charge in [0.2, 0.25) is 0 Å².